The minimum Gasteiger partial charge on any atom is -0.508 e. The highest BCUT2D eigenvalue weighted by atomic mass is 79.9. The molecule has 0 bridgehead atoms. The lowest BCUT2D eigenvalue weighted by molar-refractivity contribution is 0.416. The number of alkyl halides is 1. The highest BCUT2D eigenvalue weighted by Crippen LogP contribution is 2.26. The van der Waals surface area contributed by atoms with E-state index in [0.717, 1.165) is 6.07 Å². The van der Waals surface area contributed by atoms with E-state index in [1.165, 1.54) is 6.07 Å². The van der Waals surface area contributed by atoms with Gasteiger partial charge in [0.1, 0.15) is 5.75 Å². The Kier molecular flexibility index (Phi) is 2.34. The lowest BCUT2D eigenvalue weighted by Gasteiger charge is -2.01. The van der Waals surface area contributed by atoms with Gasteiger partial charge in [0.05, 0.1) is 0 Å². The fraction of sp³-hybridized carbons (Fsp3) is 0.143. The molecule has 1 aromatic rings. The molecule has 60 valence electrons. The third-order valence-electron chi connectivity index (χ3n) is 1.26. The minimum absolute atomic E-state index is 0.140. The summed E-state index contributed by atoms with van der Waals surface area (Å²) in [4.78, 5) is 0. The maximum Gasteiger partial charge on any atom is 0.169 e. The number of benzene rings is 1. The number of hydrogen-bond donors (Lipinski definition) is 2. The van der Waals surface area contributed by atoms with Gasteiger partial charge in [-0.25, -0.2) is 4.39 Å². The Bertz CT molecular complexity index is 275. The van der Waals surface area contributed by atoms with Crippen molar-refractivity contribution in [2.45, 2.75) is 5.33 Å². The fourth-order valence-electron chi connectivity index (χ4n) is 0.749. The number of halogens is 2. The number of phenolic OH excluding ortho intramolecular Hbond substituents is 2. The zero-order chi connectivity index (χ0) is 8.43. The molecule has 0 heterocycles. The monoisotopic (exact) mass is 220 g/mol. The van der Waals surface area contributed by atoms with Crippen LogP contribution in [0.15, 0.2) is 12.1 Å². The highest BCUT2D eigenvalue weighted by molar-refractivity contribution is 9.08. The van der Waals surface area contributed by atoms with Gasteiger partial charge in [-0.05, 0) is 6.07 Å². The van der Waals surface area contributed by atoms with Crippen LogP contribution in [0.25, 0.3) is 0 Å². The molecular weight excluding hydrogens is 215 g/mol. The summed E-state index contributed by atoms with van der Waals surface area (Å²) in [5, 5.41) is 18.0. The predicted molar refractivity (Wildman–Crippen MR) is 42.4 cm³/mol. The molecule has 2 N–H and O–H groups in total. The summed E-state index contributed by atoms with van der Waals surface area (Å²) in [6.07, 6.45) is 0. The summed E-state index contributed by atoms with van der Waals surface area (Å²) < 4.78 is 12.8. The van der Waals surface area contributed by atoms with Crippen LogP contribution in [0.3, 0.4) is 0 Å². The second kappa shape index (κ2) is 3.09. The summed E-state index contributed by atoms with van der Waals surface area (Å²) in [7, 11) is 0. The van der Waals surface area contributed by atoms with Gasteiger partial charge in [-0.3, -0.25) is 0 Å². The standard InChI is InChI=1S/C7H6BrFO2/c8-3-4-1-5(10)2-6(11)7(4)9/h1-2,10-11H,3H2. The Labute approximate surface area is 71.4 Å². The van der Waals surface area contributed by atoms with Crippen molar-refractivity contribution in [3.05, 3.63) is 23.5 Å². The summed E-state index contributed by atoms with van der Waals surface area (Å²) in [5.41, 5.74) is 0.238. The molecule has 0 spiro atoms. The molecule has 0 radical (unpaired) electrons. The zero-order valence-electron chi connectivity index (χ0n) is 5.51. The van der Waals surface area contributed by atoms with Crippen molar-refractivity contribution in [3.63, 3.8) is 0 Å². The van der Waals surface area contributed by atoms with Crippen molar-refractivity contribution in [1.82, 2.24) is 0 Å². The number of hydrogen-bond acceptors (Lipinski definition) is 2. The highest BCUT2D eigenvalue weighted by Gasteiger charge is 2.07. The number of rotatable bonds is 1. The first-order valence-electron chi connectivity index (χ1n) is 2.91. The van der Waals surface area contributed by atoms with Crippen molar-refractivity contribution in [2.24, 2.45) is 0 Å². The van der Waals surface area contributed by atoms with E-state index in [-0.39, 0.29) is 16.6 Å². The summed E-state index contributed by atoms with van der Waals surface area (Å²) >= 11 is 3.01. The third-order valence-corrected chi connectivity index (χ3v) is 1.86. The van der Waals surface area contributed by atoms with Crippen molar-refractivity contribution < 1.29 is 14.6 Å². The van der Waals surface area contributed by atoms with Gasteiger partial charge in [0, 0.05) is 17.0 Å². The van der Waals surface area contributed by atoms with Gasteiger partial charge in [0.15, 0.2) is 11.6 Å². The van der Waals surface area contributed by atoms with Crippen LogP contribution in [0, 0.1) is 5.82 Å². The average molecular weight is 221 g/mol. The lowest BCUT2D eigenvalue weighted by Crippen LogP contribution is -1.85. The van der Waals surface area contributed by atoms with E-state index in [2.05, 4.69) is 15.9 Å². The topological polar surface area (TPSA) is 40.5 Å². The van der Waals surface area contributed by atoms with Crippen molar-refractivity contribution >= 4 is 15.9 Å². The average Bonchev–Trinajstić information content (AvgIpc) is 1.96. The van der Waals surface area contributed by atoms with Gasteiger partial charge in [0.25, 0.3) is 0 Å². The first-order valence-corrected chi connectivity index (χ1v) is 4.03. The normalized spacial score (nSPS) is 10.0. The second-order valence-corrected chi connectivity index (χ2v) is 2.63. The molecule has 1 aromatic carbocycles. The molecule has 0 unspecified atom stereocenters. The molecule has 4 heteroatoms. The molecule has 0 aliphatic carbocycles. The van der Waals surface area contributed by atoms with Gasteiger partial charge in [0.2, 0.25) is 0 Å². The van der Waals surface area contributed by atoms with E-state index < -0.39 is 11.6 Å². The third kappa shape index (κ3) is 1.63. The molecule has 11 heavy (non-hydrogen) atoms. The smallest absolute Gasteiger partial charge is 0.169 e. The molecule has 0 aliphatic rings. The first-order chi connectivity index (χ1) is 5.15. The van der Waals surface area contributed by atoms with E-state index in [1.807, 2.05) is 0 Å². The fourth-order valence-corrected chi connectivity index (χ4v) is 1.16. The molecular formula is C7H6BrFO2. The lowest BCUT2D eigenvalue weighted by atomic mass is 10.2. The quantitative estimate of drug-likeness (QED) is 0.713. The van der Waals surface area contributed by atoms with Gasteiger partial charge in [-0.2, -0.15) is 0 Å². The Hall–Kier alpha value is -0.770. The molecule has 0 amide bonds. The Morgan fingerprint density at radius 1 is 1.36 bits per heavy atom. The van der Waals surface area contributed by atoms with Crippen LogP contribution in [0.4, 0.5) is 4.39 Å². The van der Waals surface area contributed by atoms with E-state index >= 15 is 0 Å². The van der Waals surface area contributed by atoms with Gasteiger partial charge < -0.3 is 10.2 Å². The molecule has 0 saturated carbocycles. The van der Waals surface area contributed by atoms with E-state index in [9.17, 15) is 4.39 Å². The molecule has 0 saturated heterocycles. The van der Waals surface area contributed by atoms with Crippen LogP contribution in [0.1, 0.15) is 5.56 Å². The van der Waals surface area contributed by atoms with Crippen molar-refractivity contribution in [3.8, 4) is 11.5 Å². The molecule has 1 rings (SSSR count). The number of phenols is 2. The molecule has 2 nitrogen and oxygen atoms in total. The predicted octanol–water partition coefficient (Wildman–Crippen LogP) is 2.13. The van der Waals surface area contributed by atoms with E-state index in [4.69, 9.17) is 10.2 Å². The Balaban J connectivity index is 3.24. The van der Waals surface area contributed by atoms with Crippen molar-refractivity contribution in [2.75, 3.05) is 0 Å². The van der Waals surface area contributed by atoms with Gasteiger partial charge in [-0.1, -0.05) is 15.9 Å². The Morgan fingerprint density at radius 2 is 2.00 bits per heavy atom. The largest absolute Gasteiger partial charge is 0.508 e. The first kappa shape index (κ1) is 8.33. The molecule has 0 aliphatic heterocycles. The Morgan fingerprint density at radius 3 is 2.55 bits per heavy atom. The zero-order valence-corrected chi connectivity index (χ0v) is 7.10. The van der Waals surface area contributed by atoms with Crippen LogP contribution in [-0.2, 0) is 5.33 Å². The SMILES string of the molecule is Oc1cc(O)c(F)c(CBr)c1. The van der Waals surface area contributed by atoms with Crippen LogP contribution in [-0.4, -0.2) is 10.2 Å². The van der Waals surface area contributed by atoms with Crippen LogP contribution >= 0.6 is 15.9 Å². The number of aromatic hydroxyl groups is 2. The maximum atomic E-state index is 12.8. The van der Waals surface area contributed by atoms with Crippen LogP contribution in [0.5, 0.6) is 11.5 Å². The van der Waals surface area contributed by atoms with E-state index in [0.29, 0.717) is 0 Å². The summed E-state index contributed by atoms with van der Waals surface area (Å²) in [5.74, 6) is -1.36. The summed E-state index contributed by atoms with van der Waals surface area (Å²) in [6.45, 7) is 0. The second-order valence-electron chi connectivity index (χ2n) is 2.07. The van der Waals surface area contributed by atoms with Gasteiger partial charge >= 0.3 is 0 Å². The van der Waals surface area contributed by atoms with Gasteiger partial charge in [-0.15, -0.1) is 0 Å². The molecule has 0 atom stereocenters. The molecule has 0 fully saturated rings. The maximum absolute atomic E-state index is 12.8. The minimum atomic E-state index is -0.695. The molecule has 0 aromatic heterocycles. The van der Waals surface area contributed by atoms with Crippen LogP contribution < -0.4 is 0 Å². The summed E-state index contributed by atoms with van der Waals surface area (Å²) in [6, 6.07) is 2.21. The van der Waals surface area contributed by atoms with Crippen LogP contribution in [0.2, 0.25) is 0 Å². The van der Waals surface area contributed by atoms with Crippen molar-refractivity contribution in [1.29, 1.82) is 0 Å². The van der Waals surface area contributed by atoms with E-state index in [1.54, 1.807) is 0 Å².